The summed E-state index contributed by atoms with van der Waals surface area (Å²) in [6, 6.07) is 9.54. The number of methoxy groups -OCH3 is 1. The van der Waals surface area contributed by atoms with Crippen molar-refractivity contribution in [2.24, 2.45) is 5.92 Å². The maximum atomic E-state index is 5.21. The van der Waals surface area contributed by atoms with Crippen molar-refractivity contribution in [3.05, 3.63) is 29.8 Å². The summed E-state index contributed by atoms with van der Waals surface area (Å²) in [5.41, 5.74) is 1.35. The van der Waals surface area contributed by atoms with E-state index in [1.807, 2.05) is 12.1 Å². The molecule has 0 bridgehead atoms. The van der Waals surface area contributed by atoms with Crippen LogP contribution in [-0.2, 0) is 0 Å². The van der Waals surface area contributed by atoms with Crippen LogP contribution in [0.25, 0.3) is 0 Å². The van der Waals surface area contributed by atoms with E-state index in [-0.39, 0.29) is 0 Å². The molecule has 0 saturated heterocycles. The van der Waals surface area contributed by atoms with Gasteiger partial charge in [0.25, 0.3) is 0 Å². The summed E-state index contributed by atoms with van der Waals surface area (Å²) in [5, 5.41) is 3.83. The molecule has 0 heterocycles. The van der Waals surface area contributed by atoms with Crippen LogP contribution in [0.5, 0.6) is 5.75 Å². The van der Waals surface area contributed by atoms with Gasteiger partial charge in [-0.15, -0.1) is 0 Å². The Labute approximate surface area is 117 Å². The number of nitrogens with one attached hydrogen (secondary N) is 1. The molecule has 1 N–H and O–H groups in total. The van der Waals surface area contributed by atoms with Gasteiger partial charge in [-0.2, -0.15) is 0 Å². The predicted octanol–water partition coefficient (Wildman–Crippen LogP) is 4.31. The Hall–Kier alpha value is -1.02. The molecule has 2 unspecified atom stereocenters. The zero-order valence-electron chi connectivity index (χ0n) is 12.5. The molecule has 3 atom stereocenters. The van der Waals surface area contributed by atoms with E-state index in [4.69, 9.17) is 4.74 Å². The second kappa shape index (κ2) is 6.95. The van der Waals surface area contributed by atoms with Gasteiger partial charge in [-0.05, 0) is 43.4 Å². The third kappa shape index (κ3) is 3.73. The molecule has 0 radical (unpaired) electrons. The fraction of sp³-hybridized carbons (Fsp3) is 0.647. The molecular weight excluding hydrogens is 234 g/mol. The molecule has 2 heteroatoms. The van der Waals surface area contributed by atoms with E-state index in [9.17, 15) is 0 Å². The summed E-state index contributed by atoms with van der Waals surface area (Å²) in [4.78, 5) is 0. The van der Waals surface area contributed by atoms with Gasteiger partial charge in [-0.3, -0.25) is 0 Å². The van der Waals surface area contributed by atoms with Gasteiger partial charge in [0.2, 0.25) is 0 Å². The average Bonchev–Trinajstić information content (AvgIpc) is 2.48. The van der Waals surface area contributed by atoms with Crippen LogP contribution in [0.2, 0.25) is 0 Å². The van der Waals surface area contributed by atoms with Crippen molar-refractivity contribution < 1.29 is 4.74 Å². The van der Waals surface area contributed by atoms with Crippen LogP contribution in [-0.4, -0.2) is 13.2 Å². The minimum Gasteiger partial charge on any atom is -0.497 e. The lowest BCUT2D eigenvalue weighted by Gasteiger charge is -2.34. The minimum atomic E-state index is 0.419. The number of hydrogen-bond donors (Lipinski definition) is 1. The first-order chi connectivity index (χ1) is 9.24. The first-order valence-electron chi connectivity index (χ1n) is 7.64. The van der Waals surface area contributed by atoms with Gasteiger partial charge in [0.15, 0.2) is 0 Å². The molecule has 1 aromatic rings. The first kappa shape index (κ1) is 14.4. The van der Waals surface area contributed by atoms with Crippen LogP contribution in [0, 0.1) is 5.92 Å². The van der Waals surface area contributed by atoms with Crippen LogP contribution in [0.3, 0.4) is 0 Å². The van der Waals surface area contributed by atoms with E-state index in [1.165, 1.54) is 37.7 Å². The summed E-state index contributed by atoms with van der Waals surface area (Å²) >= 11 is 0. The van der Waals surface area contributed by atoms with E-state index in [1.54, 1.807) is 7.11 Å². The summed E-state index contributed by atoms with van der Waals surface area (Å²) in [5.74, 6) is 1.79. The Morgan fingerprint density at radius 2 is 1.89 bits per heavy atom. The van der Waals surface area contributed by atoms with Gasteiger partial charge in [-0.1, -0.05) is 38.3 Å². The quantitative estimate of drug-likeness (QED) is 0.852. The lowest BCUT2D eigenvalue weighted by atomic mass is 9.82. The monoisotopic (exact) mass is 261 g/mol. The van der Waals surface area contributed by atoms with Crippen molar-refractivity contribution >= 4 is 0 Å². The second-order valence-electron chi connectivity index (χ2n) is 5.72. The average molecular weight is 261 g/mol. The molecule has 0 amide bonds. The third-order valence-corrected chi connectivity index (χ3v) is 4.51. The summed E-state index contributed by atoms with van der Waals surface area (Å²) < 4.78 is 5.21. The summed E-state index contributed by atoms with van der Waals surface area (Å²) in [6.45, 7) is 4.59. The van der Waals surface area contributed by atoms with Gasteiger partial charge < -0.3 is 10.1 Å². The van der Waals surface area contributed by atoms with Crippen LogP contribution >= 0.6 is 0 Å². The fourth-order valence-electron chi connectivity index (χ4n) is 3.23. The number of rotatable bonds is 5. The van der Waals surface area contributed by atoms with E-state index in [2.05, 4.69) is 31.3 Å². The van der Waals surface area contributed by atoms with E-state index in [0.29, 0.717) is 12.1 Å². The highest BCUT2D eigenvalue weighted by Gasteiger charge is 2.24. The van der Waals surface area contributed by atoms with Gasteiger partial charge >= 0.3 is 0 Å². The molecule has 1 aliphatic rings. The molecule has 1 aromatic carbocycles. The molecule has 106 valence electrons. The number of benzene rings is 1. The van der Waals surface area contributed by atoms with E-state index < -0.39 is 0 Å². The SMILES string of the molecule is CCC1CCCCC1N[C@H](C)c1ccc(OC)cc1. The van der Waals surface area contributed by atoms with Gasteiger partial charge in [0.1, 0.15) is 5.75 Å². The van der Waals surface area contributed by atoms with Crippen LogP contribution in [0.15, 0.2) is 24.3 Å². The molecule has 2 rings (SSSR count). The zero-order chi connectivity index (χ0) is 13.7. The van der Waals surface area contributed by atoms with Crippen molar-refractivity contribution in [1.82, 2.24) is 5.32 Å². The standard InChI is InChI=1S/C17H27NO/c1-4-14-7-5-6-8-17(14)18-13(2)15-9-11-16(19-3)12-10-15/h9-14,17-18H,4-8H2,1-3H3/t13-,14?,17?/m1/s1. The molecule has 1 saturated carbocycles. The zero-order valence-corrected chi connectivity index (χ0v) is 12.5. The molecule has 0 spiro atoms. The summed E-state index contributed by atoms with van der Waals surface area (Å²) in [7, 11) is 1.71. The van der Waals surface area contributed by atoms with Crippen molar-refractivity contribution in [1.29, 1.82) is 0 Å². The van der Waals surface area contributed by atoms with Crippen LogP contribution in [0.1, 0.15) is 57.6 Å². The molecule has 19 heavy (non-hydrogen) atoms. The Morgan fingerprint density at radius 1 is 1.21 bits per heavy atom. The maximum absolute atomic E-state index is 5.21. The van der Waals surface area contributed by atoms with E-state index >= 15 is 0 Å². The lowest BCUT2D eigenvalue weighted by Crippen LogP contribution is -2.39. The Balaban J connectivity index is 1.96. The highest BCUT2D eigenvalue weighted by molar-refractivity contribution is 5.28. The van der Waals surface area contributed by atoms with Crippen molar-refractivity contribution in [3.63, 3.8) is 0 Å². The van der Waals surface area contributed by atoms with Gasteiger partial charge in [-0.25, -0.2) is 0 Å². The third-order valence-electron chi connectivity index (χ3n) is 4.51. The Bertz CT molecular complexity index is 373. The maximum Gasteiger partial charge on any atom is 0.118 e. The molecule has 0 aromatic heterocycles. The molecule has 1 fully saturated rings. The van der Waals surface area contributed by atoms with Crippen LogP contribution < -0.4 is 10.1 Å². The minimum absolute atomic E-state index is 0.419. The first-order valence-corrected chi connectivity index (χ1v) is 7.64. The topological polar surface area (TPSA) is 21.3 Å². The van der Waals surface area contributed by atoms with Gasteiger partial charge in [0, 0.05) is 12.1 Å². The fourth-order valence-corrected chi connectivity index (χ4v) is 3.23. The van der Waals surface area contributed by atoms with Crippen molar-refractivity contribution in [2.75, 3.05) is 7.11 Å². The predicted molar refractivity (Wildman–Crippen MR) is 80.6 cm³/mol. The van der Waals surface area contributed by atoms with Crippen molar-refractivity contribution in [3.8, 4) is 5.75 Å². The molecule has 1 aliphatic carbocycles. The lowest BCUT2D eigenvalue weighted by molar-refractivity contribution is 0.240. The Morgan fingerprint density at radius 3 is 2.53 bits per heavy atom. The molecular formula is C17H27NO. The number of ether oxygens (including phenoxy) is 1. The Kier molecular flexibility index (Phi) is 5.26. The van der Waals surface area contributed by atoms with Gasteiger partial charge in [0.05, 0.1) is 7.11 Å². The summed E-state index contributed by atoms with van der Waals surface area (Å²) in [6.07, 6.45) is 6.81. The largest absolute Gasteiger partial charge is 0.497 e. The highest BCUT2D eigenvalue weighted by Crippen LogP contribution is 2.29. The smallest absolute Gasteiger partial charge is 0.118 e. The molecule has 2 nitrogen and oxygen atoms in total. The van der Waals surface area contributed by atoms with Crippen LogP contribution in [0.4, 0.5) is 0 Å². The number of hydrogen-bond acceptors (Lipinski definition) is 2. The highest BCUT2D eigenvalue weighted by atomic mass is 16.5. The normalized spacial score (nSPS) is 25.0. The van der Waals surface area contributed by atoms with Crippen molar-refractivity contribution in [2.45, 2.75) is 58.0 Å². The second-order valence-corrected chi connectivity index (χ2v) is 5.72. The van der Waals surface area contributed by atoms with E-state index in [0.717, 1.165) is 11.7 Å². The molecule has 0 aliphatic heterocycles.